The van der Waals surface area contributed by atoms with E-state index in [-0.39, 0.29) is 36.0 Å². The zero-order valence-electron chi connectivity index (χ0n) is 31.1. The van der Waals surface area contributed by atoms with Crippen molar-refractivity contribution in [2.24, 2.45) is 4.99 Å². The molecule has 3 aromatic heterocycles. The molecule has 2 aromatic carbocycles. The van der Waals surface area contributed by atoms with Crippen LogP contribution in [0.25, 0.3) is 22.4 Å². The summed E-state index contributed by atoms with van der Waals surface area (Å²) in [4.78, 5) is 30.1. The zero-order valence-corrected chi connectivity index (χ0v) is 31.9. The molecule has 0 bridgehead atoms. The van der Waals surface area contributed by atoms with Crippen molar-refractivity contribution in [2.75, 3.05) is 26.8 Å². The Morgan fingerprint density at radius 3 is 2.61 bits per heavy atom. The topological polar surface area (TPSA) is 184 Å². The number of pyridine rings is 3. The molecule has 0 radical (unpaired) electrons. The molecule has 56 heavy (non-hydrogen) atoms. The molecular weight excluding hydrogens is 734 g/mol. The summed E-state index contributed by atoms with van der Waals surface area (Å²) in [5, 5.41) is 35.2. The van der Waals surface area contributed by atoms with Gasteiger partial charge in [0.2, 0.25) is 17.6 Å². The van der Waals surface area contributed by atoms with Crippen molar-refractivity contribution >= 4 is 23.4 Å². The minimum absolute atomic E-state index is 0.0206. The van der Waals surface area contributed by atoms with Gasteiger partial charge in [0.25, 0.3) is 0 Å². The monoisotopic (exact) mass is 773 g/mol. The van der Waals surface area contributed by atoms with Crippen molar-refractivity contribution in [1.82, 2.24) is 25.6 Å². The summed E-state index contributed by atoms with van der Waals surface area (Å²) in [7, 11) is 1.62. The molecule has 7 rings (SSSR count). The van der Waals surface area contributed by atoms with Crippen LogP contribution in [0.1, 0.15) is 58.4 Å². The highest BCUT2D eigenvalue weighted by Gasteiger charge is 2.33. The second-order valence-electron chi connectivity index (χ2n) is 13.8. The van der Waals surface area contributed by atoms with Crippen molar-refractivity contribution in [1.29, 1.82) is 5.26 Å². The van der Waals surface area contributed by atoms with Crippen molar-refractivity contribution in [3.8, 4) is 46.1 Å². The molecule has 286 valence electrons. The first-order chi connectivity index (χ1) is 27.1. The number of fused-ring (bicyclic) bond motifs is 1. The van der Waals surface area contributed by atoms with Gasteiger partial charge in [-0.3, -0.25) is 20.1 Å². The maximum Gasteiger partial charge on any atom is 0.326 e. The first kappa shape index (κ1) is 38.2. The lowest BCUT2D eigenvalue weighted by atomic mass is 9.90. The summed E-state index contributed by atoms with van der Waals surface area (Å²) in [6, 6.07) is 21.8. The van der Waals surface area contributed by atoms with Gasteiger partial charge in [0, 0.05) is 42.2 Å². The number of halogens is 1. The number of amidine groups is 1. The fourth-order valence-electron chi connectivity index (χ4n) is 6.93. The van der Waals surface area contributed by atoms with Crippen LogP contribution in [-0.4, -0.2) is 69.3 Å². The molecular formula is C42H40ClN7O6. The number of hydrogen-bond acceptors (Lipinski definition) is 12. The molecule has 5 aromatic rings. The van der Waals surface area contributed by atoms with Gasteiger partial charge in [0.05, 0.1) is 37.1 Å². The Kier molecular flexibility index (Phi) is 11.2. The first-order valence-electron chi connectivity index (χ1n) is 18.1. The Morgan fingerprint density at radius 2 is 1.86 bits per heavy atom. The van der Waals surface area contributed by atoms with Crippen molar-refractivity contribution in [2.45, 2.75) is 51.5 Å². The summed E-state index contributed by atoms with van der Waals surface area (Å²) in [5.74, 6) is 0.384. The molecule has 2 aliphatic rings. The fourth-order valence-corrected chi connectivity index (χ4v) is 7.15. The Morgan fingerprint density at radius 1 is 1.05 bits per heavy atom. The van der Waals surface area contributed by atoms with Crippen molar-refractivity contribution in [3.63, 3.8) is 0 Å². The highest BCUT2D eigenvalue weighted by Crippen LogP contribution is 2.43. The number of rotatable bonds is 14. The Labute approximate surface area is 329 Å². The van der Waals surface area contributed by atoms with E-state index in [9.17, 15) is 20.3 Å². The number of hydrogen-bond donors (Lipinski definition) is 4. The van der Waals surface area contributed by atoms with Crippen LogP contribution in [0.3, 0.4) is 0 Å². The van der Waals surface area contributed by atoms with Gasteiger partial charge in [0.1, 0.15) is 35.2 Å². The van der Waals surface area contributed by atoms with Crippen LogP contribution in [0.5, 0.6) is 17.6 Å². The Hall–Kier alpha value is -6.07. The predicted octanol–water partition coefficient (Wildman–Crippen LogP) is 5.97. The van der Waals surface area contributed by atoms with Crippen LogP contribution in [0, 0.1) is 18.3 Å². The molecule has 13 nitrogen and oxygen atoms in total. The van der Waals surface area contributed by atoms with E-state index < -0.39 is 18.1 Å². The van der Waals surface area contributed by atoms with Gasteiger partial charge in [-0.2, -0.15) is 10.2 Å². The molecule has 0 amide bonds. The van der Waals surface area contributed by atoms with Crippen LogP contribution < -0.4 is 24.8 Å². The zero-order chi connectivity index (χ0) is 39.4. The SMILES string of the molecule is COc1nc(-c2cccc(-c3cccc4c3CC[C@@H]4Oc3nc(OCc4cncc(C#N)c4)c(CN[C@@](C)(CO)C(=O)O)cc3Cl)c2C)ccc1C1=NCCN1. The number of aliphatic imine (C=N–C) groups is 1. The Balaban J connectivity index is 1.17. The highest BCUT2D eigenvalue weighted by atomic mass is 35.5. The van der Waals surface area contributed by atoms with Crippen LogP contribution in [0.4, 0.5) is 0 Å². The van der Waals surface area contributed by atoms with E-state index in [0.29, 0.717) is 29.0 Å². The van der Waals surface area contributed by atoms with Crippen LogP contribution in [0.2, 0.25) is 5.02 Å². The second-order valence-corrected chi connectivity index (χ2v) is 14.2. The normalized spacial score (nSPS) is 15.6. The third kappa shape index (κ3) is 7.72. The summed E-state index contributed by atoms with van der Waals surface area (Å²) in [6.07, 6.45) is 4.12. The van der Waals surface area contributed by atoms with Gasteiger partial charge in [-0.25, -0.2) is 4.98 Å². The molecule has 0 saturated heterocycles. The number of aliphatic hydroxyl groups excluding tert-OH is 1. The number of nitriles is 1. The minimum atomic E-state index is -1.62. The second kappa shape index (κ2) is 16.3. The third-order valence-corrected chi connectivity index (χ3v) is 10.4. The van der Waals surface area contributed by atoms with E-state index in [1.165, 1.54) is 18.7 Å². The molecule has 14 heteroatoms. The largest absolute Gasteiger partial charge is 0.480 e. The van der Waals surface area contributed by atoms with Crippen LogP contribution in [0.15, 0.2) is 78.0 Å². The number of ether oxygens (including phenoxy) is 3. The number of nitrogens with zero attached hydrogens (tertiary/aromatic N) is 5. The van der Waals surface area contributed by atoms with E-state index in [4.69, 9.17) is 30.8 Å². The standard InChI is InChI=1S/C42H40ClN7O6/c1-24-28(6-4-7-29(24)35-12-10-33(39(49-35)54-3)37-46-14-15-47-37)30-8-5-9-32-31(30)11-13-36(32)56-40-34(43)17-27(21-48-42(2,23-51)41(52)53)38(50-40)55-22-26-16-25(18-44)19-45-20-26/h4-10,12,16-17,19-20,36,48,51H,11,13-15,21-23H2,1-3H3,(H,46,47)(H,52,53)/t36-,42-/m0/s1. The van der Waals surface area contributed by atoms with Gasteiger partial charge >= 0.3 is 5.97 Å². The number of carbonyl (C=O) groups is 1. The van der Waals surface area contributed by atoms with Crippen LogP contribution >= 0.6 is 11.6 Å². The van der Waals surface area contributed by atoms with E-state index in [2.05, 4.69) is 62.9 Å². The average Bonchev–Trinajstić information content (AvgIpc) is 3.91. The summed E-state index contributed by atoms with van der Waals surface area (Å²) in [5.41, 5.74) is 7.91. The maximum absolute atomic E-state index is 11.9. The number of carboxylic acid groups (broad SMARTS) is 1. The quantitative estimate of drug-likeness (QED) is 0.104. The lowest BCUT2D eigenvalue weighted by Gasteiger charge is -2.24. The van der Waals surface area contributed by atoms with Crippen molar-refractivity contribution in [3.05, 3.63) is 117 Å². The van der Waals surface area contributed by atoms with Gasteiger partial charge < -0.3 is 29.7 Å². The summed E-state index contributed by atoms with van der Waals surface area (Å²) in [6.45, 7) is 4.33. The van der Waals surface area contributed by atoms with E-state index >= 15 is 0 Å². The average molecular weight is 774 g/mol. The number of methoxy groups -OCH3 is 1. The van der Waals surface area contributed by atoms with Gasteiger partial charge in [-0.1, -0.05) is 48.0 Å². The minimum Gasteiger partial charge on any atom is -0.480 e. The van der Waals surface area contributed by atoms with Gasteiger partial charge in [0.15, 0.2) is 0 Å². The summed E-state index contributed by atoms with van der Waals surface area (Å²) >= 11 is 6.79. The molecule has 4 N–H and O–H groups in total. The molecule has 0 saturated carbocycles. The number of carboxylic acids is 1. The van der Waals surface area contributed by atoms with Crippen LogP contribution in [-0.2, 0) is 24.4 Å². The number of aliphatic hydroxyl groups is 1. The molecule has 2 atom stereocenters. The van der Waals surface area contributed by atoms with Gasteiger partial charge in [-0.15, -0.1) is 0 Å². The Bertz CT molecular complexity index is 2380. The lowest BCUT2D eigenvalue weighted by Crippen LogP contribution is -2.52. The molecule has 1 aliphatic heterocycles. The van der Waals surface area contributed by atoms with E-state index in [1.807, 2.05) is 24.3 Å². The first-order valence-corrected chi connectivity index (χ1v) is 18.5. The highest BCUT2D eigenvalue weighted by molar-refractivity contribution is 6.31. The number of nitrogens with one attached hydrogen (secondary N) is 2. The molecule has 0 spiro atoms. The summed E-state index contributed by atoms with van der Waals surface area (Å²) < 4.78 is 18.4. The van der Waals surface area contributed by atoms with E-state index in [0.717, 1.165) is 64.4 Å². The number of aliphatic carboxylic acids is 1. The molecule has 4 heterocycles. The smallest absolute Gasteiger partial charge is 0.326 e. The third-order valence-electron chi connectivity index (χ3n) is 10.1. The molecule has 0 unspecified atom stereocenters. The number of aromatic nitrogens is 3. The molecule has 0 fully saturated rings. The number of benzene rings is 2. The van der Waals surface area contributed by atoms with Crippen molar-refractivity contribution < 1.29 is 29.2 Å². The lowest BCUT2D eigenvalue weighted by molar-refractivity contribution is -0.145. The van der Waals surface area contributed by atoms with Gasteiger partial charge in [-0.05, 0) is 78.8 Å². The maximum atomic E-state index is 11.9. The van der Waals surface area contributed by atoms with E-state index in [1.54, 1.807) is 25.4 Å². The molecule has 1 aliphatic carbocycles. The predicted molar refractivity (Wildman–Crippen MR) is 210 cm³/mol. The fraction of sp³-hybridized carbons (Fsp3) is 0.286.